The maximum absolute atomic E-state index is 12.4. The summed E-state index contributed by atoms with van der Waals surface area (Å²) in [5, 5.41) is 3.31. The average molecular weight is 250 g/mol. The van der Waals surface area contributed by atoms with Crippen LogP contribution >= 0.6 is 0 Å². The first kappa shape index (κ1) is 13.1. The Labute approximate surface area is 101 Å². The Morgan fingerprint density at radius 1 is 1.18 bits per heavy atom. The molecule has 0 spiro atoms. The second-order valence-electron chi connectivity index (χ2n) is 5.32. The van der Waals surface area contributed by atoms with Gasteiger partial charge in [0.15, 0.2) is 0 Å². The van der Waals surface area contributed by atoms with Crippen LogP contribution < -0.4 is 5.32 Å². The molecule has 0 aromatic rings. The standard InChI is InChI=1S/C12H21F3N2/c13-12(14,15)9-17(11-3-4-11)7-5-10-2-1-6-16-8-10/h10-11,16H,1-9H2. The predicted molar refractivity (Wildman–Crippen MR) is 60.9 cm³/mol. The van der Waals surface area contributed by atoms with Crippen molar-refractivity contribution in [3.8, 4) is 0 Å². The second-order valence-corrected chi connectivity index (χ2v) is 5.32. The van der Waals surface area contributed by atoms with Crippen molar-refractivity contribution in [2.24, 2.45) is 5.92 Å². The monoisotopic (exact) mass is 250 g/mol. The number of alkyl halides is 3. The zero-order chi connectivity index (χ0) is 12.3. The highest BCUT2D eigenvalue weighted by molar-refractivity contribution is 4.86. The molecule has 1 aliphatic carbocycles. The smallest absolute Gasteiger partial charge is 0.316 e. The van der Waals surface area contributed by atoms with Crippen molar-refractivity contribution < 1.29 is 13.2 Å². The van der Waals surface area contributed by atoms with Gasteiger partial charge < -0.3 is 5.32 Å². The lowest BCUT2D eigenvalue weighted by Crippen LogP contribution is -2.38. The van der Waals surface area contributed by atoms with E-state index in [0.717, 1.165) is 45.2 Å². The van der Waals surface area contributed by atoms with Crippen molar-refractivity contribution in [2.45, 2.75) is 44.3 Å². The minimum atomic E-state index is -4.05. The Bertz CT molecular complexity index is 232. The molecule has 2 fully saturated rings. The van der Waals surface area contributed by atoms with Gasteiger partial charge in [-0.25, -0.2) is 0 Å². The van der Waals surface area contributed by atoms with Crippen LogP contribution in [-0.4, -0.2) is 43.3 Å². The molecule has 0 bridgehead atoms. The molecular weight excluding hydrogens is 229 g/mol. The number of hydrogen-bond donors (Lipinski definition) is 1. The summed E-state index contributed by atoms with van der Waals surface area (Å²) in [6, 6.07) is 0.202. The van der Waals surface area contributed by atoms with E-state index in [1.165, 1.54) is 0 Å². The van der Waals surface area contributed by atoms with Crippen LogP contribution in [0, 0.1) is 5.92 Å². The van der Waals surface area contributed by atoms with E-state index in [1.54, 1.807) is 4.90 Å². The highest BCUT2D eigenvalue weighted by atomic mass is 19.4. The second kappa shape index (κ2) is 5.57. The van der Waals surface area contributed by atoms with E-state index in [9.17, 15) is 13.2 Å². The van der Waals surface area contributed by atoms with Crippen LogP contribution in [0.1, 0.15) is 32.1 Å². The molecule has 2 aliphatic rings. The van der Waals surface area contributed by atoms with Gasteiger partial charge in [-0.05, 0) is 57.7 Å². The molecule has 1 N–H and O–H groups in total. The lowest BCUT2D eigenvalue weighted by Gasteiger charge is -2.28. The van der Waals surface area contributed by atoms with Gasteiger partial charge in [0.05, 0.1) is 6.54 Å². The summed E-state index contributed by atoms with van der Waals surface area (Å²) < 4.78 is 37.2. The van der Waals surface area contributed by atoms with Crippen LogP contribution in [0.3, 0.4) is 0 Å². The Hall–Kier alpha value is -0.290. The SMILES string of the molecule is FC(F)(F)CN(CCC1CCCNC1)C1CC1. The van der Waals surface area contributed by atoms with Crippen molar-refractivity contribution in [3.63, 3.8) is 0 Å². The molecule has 1 aliphatic heterocycles. The Balaban J connectivity index is 1.73. The van der Waals surface area contributed by atoms with Crippen molar-refractivity contribution in [3.05, 3.63) is 0 Å². The summed E-state index contributed by atoms with van der Waals surface area (Å²) in [7, 11) is 0. The van der Waals surface area contributed by atoms with Crippen LogP contribution in [0.2, 0.25) is 0 Å². The molecular formula is C12H21F3N2. The van der Waals surface area contributed by atoms with Gasteiger partial charge in [0.2, 0.25) is 0 Å². The van der Waals surface area contributed by atoms with Crippen LogP contribution in [0.25, 0.3) is 0 Å². The minimum Gasteiger partial charge on any atom is -0.316 e. The summed E-state index contributed by atoms with van der Waals surface area (Å²) in [6.45, 7) is 1.92. The number of nitrogens with zero attached hydrogens (tertiary/aromatic N) is 1. The minimum absolute atomic E-state index is 0.202. The first-order valence-electron chi connectivity index (χ1n) is 6.56. The average Bonchev–Trinajstić information content (AvgIpc) is 3.08. The first-order chi connectivity index (χ1) is 8.04. The fourth-order valence-corrected chi connectivity index (χ4v) is 2.58. The number of hydrogen-bond acceptors (Lipinski definition) is 2. The van der Waals surface area contributed by atoms with Gasteiger partial charge in [0, 0.05) is 6.04 Å². The van der Waals surface area contributed by atoms with Crippen LogP contribution in [-0.2, 0) is 0 Å². The Morgan fingerprint density at radius 2 is 1.94 bits per heavy atom. The zero-order valence-corrected chi connectivity index (χ0v) is 10.1. The van der Waals surface area contributed by atoms with Gasteiger partial charge in [-0.1, -0.05) is 0 Å². The summed E-state index contributed by atoms with van der Waals surface area (Å²) in [6.07, 6.45) is 1.07. The number of nitrogens with one attached hydrogen (secondary N) is 1. The third-order valence-electron chi connectivity index (χ3n) is 3.67. The van der Waals surface area contributed by atoms with E-state index < -0.39 is 12.7 Å². The molecule has 17 heavy (non-hydrogen) atoms. The molecule has 1 atom stereocenters. The third-order valence-corrected chi connectivity index (χ3v) is 3.67. The van der Waals surface area contributed by atoms with E-state index >= 15 is 0 Å². The number of halogens is 3. The van der Waals surface area contributed by atoms with E-state index in [2.05, 4.69) is 5.32 Å². The molecule has 1 saturated carbocycles. The van der Waals surface area contributed by atoms with Gasteiger partial charge in [0.1, 0.15) is 0 Å². The summed E-state index contributed by atoms with van der Waals surface area (Å²) in [5.41, 5.74) is 0. The molecule has 2 nitrogen and oxygen atoms in total. The lowest BCUT2D eigenvalue weighted by atomic mass is 9.96. The van der Waals surface area contributed by atoms with Crippen LogP contribution in [0.5, 0.6) is 0 Å². The van der Waals surface area contributed by atoms with Crippen molar-refractivity contribution in [1.82, 2.24) is 10.2 Å². The maximum atomic E-state index is 12.4. The largest absolute Gasteiger partial charge is 0.401 e. The molecule has 0 aromatic carbocycles. The first-order valence-corrected chi connectivity index (χ1v) is 6.56. The van der Waals surface area contributed by atoms with Gasteiger partial charge in [-0.15, -0.1) is 0 Å². The van der Waals surface area contributed by atoms with Gasteiger partial charge in [-0.2, -0.15) is 13.2 Å². The molecule has 100 valence electrons. The highest BCUT2D eigenvalue weighted by Gasteiger charge is 2.37. The van der Waals surface area contributed by atoms with Gasteiger partial charge in [-0.3, -0.25) is 4.90 Å². The third kappa shape index (κ3) is 4.84. The van der Waals surface area contributed by atoms with Gasteiger partial charge in [0.25, 0.3) is 0 Å². The molecule has 2 rings (SSSR count). The molecule has 0 aromatic heterocycles. The maximum Gasteiger partial charge on any atom is 0.401 e. The van der Waals surface area contributed by atoms with E-state index in [0.29, 0.717) is 12.5 Å². The molecule has 5 heteroatoms. The summed E-state index contributed by atoms with van der Waals surface area (Å²) >= 11 is 0. The van der Waals surface area contributed by atoms with Gasteiger partial charge >= 0.3 is 6.18 Å². The Kier molecular flexibility index (Phi) is 4.31. The predicted octanol–water partition coefficient (Wildman–Crippen LogP) is 2.40. The topological polar surface area (TPSA) is 15.3 Å². The fourth-order valence-electron chi connectivity index (χ4n) is 2.58. The van der Waals surface area contributed by atoms with E-state index in [4.69, 9.17) is 0 Å². The van der Waals surface area contributed by atoms with E-state index in [-0.39, 0.29) is 6.04 Å². The summed E-state index contributed by atoms with van der Waals surface area (Å²) in [5.74, 6) is 0.568. The molecule has 1 heterocycles. The molecule has 1 saturated heterocycles. The van der Waals surface area contributed by atoms with Crippen LogP contribution in [0.15, 0.2) is 0 Å². The Morgan fingerprint density at radius 3 is 2.47 bits per heavy atom. The molecule has 0 amide bonds. The summed E-state index contributed by atoms with van der Waals surface area (Å²) in [4.78, 5) is 1.63. The van der Waals surface area contributed by atoms with Crippen molar-refractivity contribution >= 4 is 0 Å². The van der Waals surface area contributed by atoms with Crippen LogP contribution in [0.4, 0.5) is 13.2 Å². The number of rotatable bonds is 5. The lowest BCUT2D eigenvalue weighted by molar-refractivity contribution is -0.147. The normalized spacial score (nSPS) is 26.5. The number of piperidine rings is 1. The highest BCUT2D eigenvalue weighted by Crippen LogP contribution is 2.30. The van der Waals surface area contributed by atoms with Crippen molar-refractivity contribution in [1.29, 1.82) is 0 Å². The molecule has 1 unspecified atom stereocenters. The van der Waals surface area contributed by atoms with Crippen molar-refractivity contribution in [2.75, 3.05) is 26.2 Å². The molecule has 0 radical (unpaired) electrons. The quantitative estimate of drug-likeness (QED) is 0.806. The fraction of sp³-hybridized carbons (Fsp3) is 1.00. The zero-order valence-electron chi connectivity index (χ0n) is 10.1. The van der Waals surface area contributed by atoms with E-state index in [1.807, 2.05) is 0 Å².